The maximum Gasteiger partial charge on any atom is 0.416 e. The number of piperidine rings is 1. The highest BCUT2D eigenvalue weighted by atomic mass is 19.4. The lowest BCUT2D eigenvalue weighted by Crippen LogP contribution is -2.50. The highest BCUT2D eigenvalue weighted by Gasteiger charge is 2.39. The van der Waals surface area contributed by atoms with Crippen LogP contribution in [0, 0.1) is 5.92 Å². The van der Waals surface area contributed by atoms with Gasteiger partial charge in [0.05, 0.1) is 5.56 Å². The fourth-order valence-electron chi connectivity index (χ4n) is 5.64. The molecule has 2 N–H and O–H groups in total. The second kappa shape index (κ2) is 12.3. The normalized spacial score (nSPS) is 17.0. The van der Waals surface area contributed by atoms with Crippen molar-refractivity contribution in [1.82, 2.24) is 4.90 Å². The smallest absolute Gasteiger partial charge is 0.321 e. The van der Waals surface area contributed by atoms with Gasteiger partial charge in [-0.1, -0.05) is 86.5 Å². The summed E-state index contributed by atoms with van der Waals surface area (Å²) in [5.74, 6) is 0.181. The SMILES string of the molecule is CCCCCc1ccc(CC(N)(c2ccc(C(F)(F)F)cc2)C2CCN(Cc3ccccc3)CC2)cc1. The lowest BCUT2D eigenvalue weighted by molar-refractivity contribution is -0.137. The van der Waals surface area contributed by atoms with E-state index in [0.29, 0.717) is 6.42 Å². The van der Waals surface area contributed by atoms with E-state index in [1.54, 1.807) is 12.1 Å². The van der Waals surface area contributed by atoms with E-state index in [9.17, 15) is 13.2 Å². The summed E-state index contributed by atoms with van der Waals surface area (Å²) >= 11 is 0. The molecule has 0 aliphatic carbocycles. The summed E-state index contributed by atoms with van der Waals surface area (Å²) in [5, 5.41) is 0. The van der Waals surface area contributed by atoms with Crippen LogP contribution < -0.4 is 5.73 Å². The van der Waals surface area contributed by atoms with Crippen molar-refractivity contribution in [2.24, 2.45) is 11.7 Å². The van der Waals surface area contributed by atoms with Crippen LogP contribution in [0.4, 0.5) is 13.2 Å². The van der Waals surface area contributed by atoms with Crippen LogP contribution in [0.5, 0.6) is 0 Å². The summed E-state index contributed by atoms with van der Waals surface area (Å²) < 4.78 is 39.8. The van der Waals surface area contributed by atoms with E-state index in [4.69, 9.17) is 5.73 Å². The van der Waals surface area contributed by atoms with Gasteiger partial charge in [0.2, 0.25) is 0 Å². The molecule has 0 spiro atoms. The molecule has 0 aromatic heterocycles. The number of nitrogens with two attached hydrogens (primary N) is 1. The van der Waals surface area contributed by atoms with Crippen molar-refractivity contribution < 1.29 is 13.2 Å². The van der Waals surface area contributed by atoms with Crippen LogP contribution in [-0.2, 0) is 31.1 Å². The molecule has 1 fully saturated rings. The van der Waals surface area contributed by atoms with Gasteiger partial charge in [0.1, 0.15) is 0 Å². The number of alkyl halides is 3. The third-order valence-corrected chi connectivity index (χ3v) is 7.90. The van der Waals surface area contributed by atoms with Crippen LogP contribution in [0.25, 0.3) is 0 Å². The van der Waals surface area contributed by atoms with Crippen LogP contribution in [-0.4, -0.2) is 18.0 Å². The van der Waals surface area contributed by atoms with Crippen molar-refractivity contribution in [3.05, 3.63) is 107 Å². The molecule has 3 aromatic carbocycles. The van der Waals surface area contributed by atoms with E-state index < -0.39 is 17.3 Å². The Kier molecular flexibility index (Phi) is 9.09. The Morgan fingerprint density at radius 1 is 0.757 bits per heavy atom. The average molecular weight is 509 g/mol. The Balaban J connectivity index is 1.52. The summed E-state index contributed by atoms with van der Waals surface area (Å²) in [7, 11) is 0. The highest BCUT2D eigenvalue weighted by Crippen LogP contribution is 2.39. The molecule has 4 rings (SSSR count). The predicted octanol–water partition coefficient (Wildman–Crippen LogP) is 7.75. The van der Waals surface area contributed by atoms with Gasteiger partial charge in [-0.15, -0.1) is 0 Å². The number of aryl methyl sites for hydroxylation is 1. The molecule has 1 heterocycles. The molecule has 1 atom stereocenters. The van der Waals surface area contributed by atoms with Gasteiger partial charge in [0.15, 0.2) is 0 Å². The quantitative estimate of drug-likeness (QED) is 0.284. The molecular formula is C32H39F3N2. The fourth-order valence-corrected chi connectivity index (χ4v) is 5.64. The summed E-state index contributed by atoms with van der Waals surface area (Å²) in [6, 6.07) is 24.7. The zero-order chi connectivity index (χ0) is 26.3. The Bertz CT molecular complexity index is 1090. The largest absolute Gasteiger partial charge is 0.416 e. The molecule has 3 aromatic rings. The van der Waals surface area contributed by atoms with Gasteiger partial charge < -0.3 is 5.73 Å². The minimum atomic E-state index is -4.35. The number of benzene rings is 3. The topological polar surface area (TPSA) is 29.3 Å². The first kappa shape index (κ1) is 27.4. The molecule has 0 bridgehead atoms. The monoisotopic (exact) mass is 508 g/mol. The maximum atomic E-state index is 13.3. The van der Waals surface area contributed by atoms with Gasteiger partial charge in [-0.2, -0.15) is 13.2 Å². The summed E-state index contributed by atoms with van der Waals surface area (Å²) in [6.45, 7) is 4.97. The first-order valence-corrected chi connectivity index (χ1v) is 13.6. The van der Waals surface area contributed by atoms with Gasteiger partial charge in [0, 0.05) is 12.1 Å². The Labute approximate surface area is 219 Å². The van der Waals surface area contributed by atoms with Crippen LogP contribution in [0.1, 0.15) is 66.8 Å². The van der Waals surface area contributed by atoms with Crippen LogP contribution >= 0.6 is 0 Å². The third kappa shape index (κ3) is 7.24. The molecule has 0 saturated carbocycles. The molecule has 1 aliphatic heterocycles. The average Bonchev–Trinajstić information content (AvgIpc) is 2.90. The third-order valence-electron chi connectivity index (χ3n) is 7.90. The lowest BCUT2D eigenvalue weighted by Gasteiger charge is -2.43. The van der Waals surface area contributed by atoms with E-state index in [1.165, 1.54) is 42.5 Å². The number of hydrogen-bond acceptors (Lipinski definition) is 2. The Hall–Kier alpha value is -2.63. The van der Waals surface area contributed by atoms with Gasteiger partial charge in [0.25, 0.3) is 0 Å². The zero-order valence-electron chi connectivity index (χ0n) is 21.8. The van der Waals surface area contributed by atoms with Gasteiger partial charge in [-0.25, -0.2) is 0 Å². The Morgan fingerprint density at radius 3 is 1.95 bits per heavy atom. The number of likely N-dealkylation sites (tertiary alicyclic amines) is 1. The molecular weight excluding hydrogens is 469 g/mol. The van der Waals surface area contributed by atoms with E-state index in [-0.39, 0.29) is 5.92 Å². The number of rotatable bonds is 10. The van der Waals surface area contributed by atoms with Crippen molar-refractivity contribution >= 4 is 0 Å². The van der Waals surface area contributed by atoms with E-state index in [2.05, 4.69) is 60.4 Å². The molecule has 37 heavy (non-hydrogen) atoms. The highest BCUT2D eigenvalue weighted by molar-refractivity contribution is 5.34. The van der Waals surface area contributed by atoms with Crippen molar-refractivity contribution in [1.29, 1.82) is 0 Å². The molecule has 1 aliphatic rings. The molecule has 2 nitrogen and oxygen atoms in total. The van der Waals surface area contributed by atoms with Crippen LogP contribution in [0.15, 0.2) is 78.9 Å². The van der Waals surface area contributed by atoms with Crippen molar-refractivity contribution in [2.75, 3.05) is 13.1 Å². The first-order valence-electron chi connectivity index (χ1n) is 13.6. The second-order valence-corrected chi connectivity index (χ2v) is 10.6. The van der Waals surface area contributed by atoms with Crippen molar-refractivity contribution in [3.8, 4) is 0 Å². The lowest BCUT2D eigenvalue weighted by atomic mass is 9.70. The first-order chi connectivity index (χ1) is 17.8. The number of hydrogen-bond donors (Lipinski definition) is 1. The summed E-state index contributed by atoms with van der Waals surface area (Å²) in [5.41, 5.74) is 10.4. The minimum Gasteiger partial charge on any atom is -0.321 e. The van der Waals surface area contributed by atoms with Crippen molar-refractivity contribution in [2.45, 2.75) is 70.1 Å². The van der Waals surface area contributed by atoms with E-state index >= 15 is 0 Å². The Morgan fingerprint density at radius 2 is 1.35 bits per heavy atom. The molecule has 1 unspecified atom stereocenters. The van der Waals surface area contributed by atoms with Gasteiger partial charge >= 0.3 is 6.18 Å². The second-order valence-electron chi connectivity index (χ2n) is 10.6. The van der Waals surface area contributed by atoms with Crippen molar-refractivity contribution in [3.63, 3.8) is 0 Å². The summed E-state index contributed by atoms with van der Waals surface area (Å²) in [4.78, 5) is 2.45. The van der Waals surface area contributed by atoms with Crippen LogP contribution in [0.3, 0.4) is 0 Å². The molecule has 0 radical (unpaired) electrons. The standard InChI is InChI=1S/C32H39F3N2/c1-2-3-5-8-25-11-13-26(14-12-25)23-31(36,28-15-17-30(18-16-28)32(33,34)35)29-19-21-37(22-20-29)24-27-9-6-4-7-10-27/h4,6-7,9-18,29H,2-3,5,8,19-24,36H2,1H3. The molecule has 0 amide bonds. The summed E-state index contributed by atoms with van der Waals surface area (Å²) in [6.07, 6.45) is 2.77. The van der Waals surface area contributed by atoms with E-state index in [0.717, 1.165) is 50.0 Å². The van der Waals surface area contributed by atoms with Gasteiger partial charge in [-0.05, 0) is 85.5 Å². The number of nitrogens with zero attached hydrogens (tertiary/aromatic N) is 1. The fraction of sp³-hybridized carbons (Fsp3) is 0.438. The molecule has 198 valence electrons. The van der Waals surface area contributed by atoms with Crippen LogP contribution in [0.2, 0.25) is 0 Å². The van der Waals surface area contributed by atoms with E-state index in [1.807, 2.05) is 6.07 Å². The van der Waals surface area contributed by atoms with Gasteiger partial charge in [-0.3, -0.25) is 4.90 Å². The maximum absolute atomic E-state index is 13.3. The predicted molar refractivity (Wildman–Crippen MR) is 145 cm³/mol. The number of unbranched alkanes of at least 4 members (excludes halogenated alkanes) is 2. The number of halogens is 3. The molecule has 1 saturated heterocycles. The molecule has 5 heteroatoms. The zero-order valence-corrected chi connectivity index (χ0v) is 21.8. The minimum absolute atomic E-state index is 0.181.